The minimum Gasteiger partial charge on any atom is -0.393 e. The van der Waals surface area contributed by atoms with Crippen LogP contribution in [0.4, 0.5) is 17.2 Å². The maximum atomic E-state index is 5.95. The Bertz CT molecular complexity index is 624. The number of aromatic nitrogens is 2. The zero-order valence-corrected chi connectivity index (χ0v) is 12.8. The van der Waals surface area contributed by atoms with Gasteiger partial charge in [0.2, 0.25) is 0 Å². The van der Waals surface area contributed by atoms with Gasteiger partial charge in [0.1, 0.15) is 12.0 Å². The SMILES string of the molecule is Nc1c(Cl)ncnc1N1CCN(c2ccc(Cl)cc2)CC1. The third-order valence-corrected chi connectivity index (χ3v) is 4.14. The van der Waals surface area contributed by atoms with E-state index in [4.69, 9.17) is 28.9 Å². The normalized spacial score (nSPS) is 15.3. The fraction of sp³-hybridized carbons (Fsp3) is 0.286. The smallest absolute Gasteiger partial charge is 0.157 e. The predicted molar refractivity (Wildman–Crippen MR) is 87.3 cm³/mol. The highest BCUT2D eigenvalue weighted by molar-refractivity contribution is 6.32. The molecule has 5 nitrogen and oxygen atoms in total. The van der Waals surface area contributed by atoms with E-state index >= 15 is 0 Å². The lowest BCUT2D eigenvalue weighted by Gasteiger charge is -2.37. The van der Waals surface area contributed by atoms with Crippen molar-refractivity contribution in [1.82, 2.24) is 9.97 Å². The van der Waals surface area contributed by atoms with Gasteiger partial charge in [0.25, 0.3) is 0 Å². The molecule has 1 aromatic carbocycles. The van der Waals surface area contributed by atoms with Crippen LogP contribution in [0.1, 0.15) is 0 Å². The Morgan fingerprint density at radius 3 is 2.19 bits per heavy atom. The summed E-state index contributed by atoms with van der Waals surface area (Å²) in [7, 11) is 0. The molecule has 2 heterocycles. The summed E-state index contributed by atoms with van der Waals surface area (Å²) in [6, 6.07) is 7.89. The molecule has 1 aliphatic heterocycles. The topological polar surface area (TPSA) is 58.3 Å². The van der Waals surface area contributed by atoms with Gasteiger partial charge in [-0.15, -0.1) is 0 Å². The van der Waals surface area contributed by atoms with E-state index in [-0.39, 0.29) is 0 Å². The molecule has 0 aliphatic carbocycles. The number of rotatable bonds is 2. The molecule has 21 heavy (non-hydrogen) atoms. The van der Waals surface area contributed by atoms with Crippen LogP contribution in [-0.2, 0) is 0 Å². The van der Waals surface area contributed by atoms with E-state index in [0.717, 1.165) is 31.2 Å². The van der Waals surface area contributed by atoms with E-state index in [1.54, 1.807) is 0 Å². The van der Waals surface area contributed by atoms with E-state index < -0.39 is 0 Å². The van der Waals surface area contributed by atoms with E-state index in [9.17, 15) is 0 Å². The first-order valence-electron chi connectivity index (χ1n) is 6.66. The maximum Gasteiger partial charge on any atom is 0.157 e. The molecule has 0 unspecified atom stereocenters. The zero-order chi connectivity index (χ0) is 14.8. The molecule has 2 N–H and O–H groups in total. The second-order valence-electron chi connectivity index (χ2n) is 4.85. The lowest BCUT2D eigenvalue weighted by molar-refractivity contribution is 0.647. The van der Waals surface area contributed by atoms with Crippen molar-refractivity contribution in [2.75, 3.05) is 41.7 Å². The Kier molecular flexibility index (Phi) is 4.03. The molecule has 0 saturated carbocycles. The molecule has 1 fully saturated rings. The molecule has 110 valence electrons. The Labute approximate surface area is 133 Å². The second-order valence-corrected chi connectivity index (χ2v) is 5.65. The number of nitrogen functional groups attached to an aromatic ring is 1. The average molecular weight is 324 g/mol. The lowest BCUT2D eigenvalue weighted by Crippen LogP contribution is -2.47. The van der Waals surface area contributed by atoms with Gasteiger partial charge >= 0.3 is 0 Å². The number of halogens is 2. The molecule has 2 aromatic rings. The van der Waals surface area contributed by atoms with E-state index in [2.05, 4.69) is 19.8 Å². The molecule has 0 atom stereocenters. The zero-order valence-electron chi connectivity index (χ0n) is 11.3. The largest absolute Gasteiger partial charge is 0.393 e. The fourth-order valence-corrected chi connectivity index (χ4v) is 2.70. The molecule has 0 bridgehead atoms. The van der Waals surface area contributed by atoms with Crippen LogP contribution in [0.5, 0.6) is 0 Å². The molecule has 0 radical (unpaired) electrons. The number of piperazine rings is 1. The van der Waals surface area contributed by atoms with E-state index in [1.807, 2.05) is 24.3 Å². The quantitative estimate of drug-likeness (QED) is 0.861. The number of anilines is 3. The molecule has 1 aliphatic rings. The Morgan fingerprint density at radius 1 is 0.905 bits per heavy atom. The van der Waals surface area contributed by atoms with E-state index in [1.165, 1.54) is 12.0 Å². The summed E-state index contributed by atoms with van der Waals surface area (Å²) in [5.41, 5.74) is 7.57. The first-order valence-corrected chi connectivity index (χ1v) is 7.42. The number of benzene rings is 1. The van der Waals surface area contributed by atoms with Crippen molar-refractivity contribution in [2.24, 2.45) is 0 Å². The fourth-order valence-electron chi connectivity index (χ4n) is 2.45. The van der Waals surface area contributed by atoms with Crippen molar-refractivity contribution < 1.29 is 0 Å². The van der Waals surface area contributed by atoms with Crippen molar-refractivity contribution in [3.8, 4) is 0 Å². The number of hydrogen-bond donors (Lipinski definition) is 1. The van der Waals surface area contributed by atoms with Crippen molar-refractivity contribution >= 4 is 40.4 Å². The van der Waals surface area contributed by atoms with Crippen LogP contribution < -0.4 is 15.5 Å². The molecule has 1 saturated heterocycles. The average Bonchev–Trinajstić information content (AvgIpc) is 2.51. The molecule has 1 aromatic heterocycles. The second kappa shape index (κ2) is 5.95. The van der Waals surface area contributed by atoms with Gasteiger partial charge in [-0.3, -0.25) is 0 Å². The maximum absolute atomic E-state index is 5.95. The van der Waals surface area contributed by atoms with E-state index in [0.29, 0.717) is 16.7 Å². The summed E-state index contributed by atoms with van der Waals surface area (Å²) in [4.78, 5) is 12.6. The van der Waals surface area contributed by atoms with Crippen LogP contribution in [0.15, 0.2) is 30.6 Å². The Balaban J connectivity index is 1.70. The third kappa shape index (κ3) is 2.99. The summed E-state index contributed by atoms with van der Waals surface area (Å²) >= 11 is 11.9. The van der Waals surface area contributed by atoms with Crippen LogP contribution >= 0.6 is 23.2 Å². The molecular formula is C14H15Cl2N5. The first kappa shape index (κ1) is 14.2. The predicted octanol–water partition coefficient (Wildman–Crippen LogP) is 2.69. The number of nitrogens with zero attached hydrogens (tertiary/aromatic N) is 4. The van der Waals surface area contributed by atoms with Crippen LogP contribution in [-0.4, -0.2) is 36.1 Å². The number of hydrogen-bond acceptors (Lipinski definition) is 5. The van der Waals surface area contributed by atoms with Gasteiger partial charge in [-0.05, 0) is 24.3 Å². The van der Waals surface area contributed by atoms with Gasteiger partial charge in [0.15, 0.2) is 11.0 Å². The molecule has 0 spiro atoms. The van der Waals surface area contributed by atoms with Gasteiger partial charge in [0, 0.05) is 36.9 Å². The molecule has 0 amide bonds. The minimum absolute atomic E-state index is 0.306. The molecule has 7 heteroatoms. The molecule has 3 rings (SSSR count). The van der Waals surface area contributed by atoms with Crippen molar-refractivity contribution in [2.45, 2.75) is 0 Å². The highest BCUT2D eigenvalue weighted by Gasteiger charge is 2.21. The Morgan fingerprint density at radius 2 is 1.52 bits per heavy atom. The van der Waals surface area contributed by atoms with Crippen LogP contribution in [0.3, 0.4) is 0 Å². The van der Waals surface area contributed by atoms with Crippen molar-refractivity contribution in [1.29, 1.82) is 0 Å². The summed E-state index contributed by atoms with van der Waals surface area (Å²) in [6.45, 7) is 3.45. The third-order valence-electron chi connectivity index (χ3n) is 3.59. The van der Waals surface area contributed by atoms with Crippen molar-refractivity contribution in [3.63, 3.8) is 0 Å². The highest BCUT2D eigenvalue weighted by atomic mass is 35.5. The van der Waals surface area contributed by atoms with Gasteiger partial charge < -0.3 is 15.5 Å². The van der Waals surface area contributed by atoms with Gasteiger partial charge in [-0.25, -0.2) is 9.97 Å². The molecular weight excluding hydrogens is 309 g/mol. The summed E-state index contributed by atoms with van der Waals surface area (Å²) in [5, 5.41) is 1.06. The summed E-state index contributed by atoms with van der Waals surface area (Å²) < 4.78 is 0. The van der Waals surface area contributed by atoms with Crippen LogP contribution in [0.25, 0.3) is 0 Å². The van der Waals surface area contributed by atoms with Crippen LogP contribution in [0, 0.1) is 0 Å². The summed E-state index contributed by atoms with van der Waals surface area (Å²) in [5.74, 6) is 0.714. The van der Waals surface area contributed by atoms with Gasteiger partial charge in [-0.2, -0.15) is 0 Å². The highest BCUT2D eigenvalue weighted by Crippen LogP contribution is 2.27. The minimum atomic E-state index is 0.306. The Hall–Kier alpha value is -1.72. The van der Waals surface area contributed by atoms with Gasteiger partial charge in [0.05, 0.1) is 0 Å². The van der Waals surface area contributed by atoms with Crippen LogP contribution in [0.2, 0.25) is 10.2 Å². The lowest BCUT2D eigenvalue weighted by atomic mass is 10.2. The standard InChI is InChI=1S/C14H15Cl2N5/c15-10-1-3-11(4-2-10)20-5-7-21(8-6-20)14-12(17)13(16)18-9-19-14/h1-4,9H,5-8,17H2. The van der Waals surface area contributed by atoms with Gasteiger partial charge in [-0.1, -0.05) is 23.2 Å². The monoisotopic (exact) mass is 323 g/mol. The van der Waals surface area contributed by atoms with Crippen molar-refractivity contribution in [3.05, 3.63) is 40.8 Å². The first-order chi connectivity index (χ1) is 10.1. The summed E-state index contributed by atoms with van der Waals surface area (Å²) in [6.07, 6.45) is 1.44. The number of nitrogens with two attached hydrogens (primary N) is 1.